The second-order valence-corrected chi connectivity index (χ2v) is 3.64. The molecule has 2 unspecified atom stereocenters. The van der Waals surface area contributed by atoms with E-state index in [1.807, 2.05) is 0 Å². The zero-order valence-electron chi connectivity index (χ0n) is 7.25. The Morgan fingerprint density at radius 2 is 2.36 bits per heavy atom. The van der Waals surface area contributed by atoms with Crippen molar-refractivity contribution in [3.05, 3.63) is 0 Å². The maximum atomic E-state index is 5.65. The highest BCUT2D eigenvalue weighted by Gasteiger charge is 2.32. The lowest BCUT2D eigenvalue weighted by Gasteiger charge is -2.33. The van der Waals surface area contributed by atoms with Crippen molar-refractivity contribution in [3.63, 3.8) is 0 Å². The molecule has 0 saturated carbocycles. The lowest BCUT2D eigenvalue weighted by molar-refractivity contribution is 0.0285. The van der Waals surface area contributed by atoms with E-state index in [2.05, 4.69) is 11.8 Å². The normalized spacial score (nSPS) is 39.0. The van der Waals surface area contributed by atoms with Gasteiger partial charge in [0, 0.05) is 13.2 Å². The Hall–Kier alpha value is -0.0800. The van der Waals surface area contributed by atoms with E-state index < -0.39 is 0 Å². The first-order chi connectivity index (χ1) is 5.40. The molecule has 64 valence electrons. The highest BCUT2D eigenvalue weighted by molar-refractivity contribution is 4.84. The fourth-order valence-electron chi connectivity index (χ4n) is 2.21. The minimum atomic E-state index is 0.573. The molecule has 0 radical (unpaired) electrons. The topological polar surface area (TPSA) is 12.5 Å². The molecule has 0 spiro atoms. The molecule has 0 aromatic rings. The van der Waals surface area contributed by atoms with Crippen LogP contribution in [0.2, 0.25) is 0 Å². The first kappa shape index (κ1) is 7.56. The van der Waals surface area contributed by atoms with Crippen molar-refractivity contribution in [2.75, 3.05) is 26.2 Å². The van der Waals surface area contributed by atoms with Crippen LogP contribution in [0.5, 0.6) is 0 Å². The number of hydrogen-bond donors (Lipinski definition) is 0. The standard InChI is InChI=1S/C9H17NO/c1-2-10-5-3-8-4-6-11-9(8)7-10/h8-9H,2-7H2,1H3. The molecule has 2 aliphatic rings. The van der Waals surface area contributed by atoms with E-state index in [1.54, 1.807) is 0 Å². The molecule has 0 bridgehead atoms. The van der Waals surface area contributed by atoms with Crippen LogP contribution in [0.3, 0.4) is 0 Å². The molecule has 2 heteroatoms. The highest BCUT2D eigenvalue weighted by atomic mass is 16.5. The molecule has 2 heterocycles. The van der Waals surface area contributed by atoms with Crippen molar-refractivity contribution >= 4 is 0 Å². The molecular weight excluding hydrogens is 138 g/mol. The van der Waals surface area contributed by atoms with Crippen LogP contribution in [0.25, 0.3) is 0 Å². The van der Waals surface area contributed by atoms with Crippen molar-refractivity contribution < 1.29 is 4.74 Å². The van der Waals surface area contributed by atoms with Crippen LogP contribution in [0.15, 0.2) is 0 Å². The van der Waals surface area contributed by atoms with Gasteiger partial charge in [-0.1, -0.05) is 6.92 Å². The number of ether oxygens (including phenoxy) is 1. The maximum Gasteiger partial charge on any atom is 0.0731 e. The van der Waals surface area contributed by atoms with Crippen molar-refractivity contribution in [2.45, 2.75) is 25.9 Å². The Bertz CT molecular complexity index is 138. The van der Waals surface area contributed by atoms with E-state index in [-0.39, 0.29) is 0 Å². The van der Waals surface area contributed by atoms with Crippen molar-refractivity contribution in [1.82, 2.24) is 4.90 Å². The Morgan fingerprint density at radius 3 is 3.18 bits per heavy atom. The van der Waals surface area contributed by atoms with Crippen molar-refractivity contribution in [1.29, 1.82) is 0 Å². The SMILES string of the molecule is CCN1CCC2CCOC2C1. The van der Waals surface area contributed by atoms with Gasteiger partial charge in [-0.3, -0.25) is 0 Å². The van der Waals surface area contributed by atoms with Gasteiger partial charge in [-0.05, 0) is 31.8 Å². The number of hydrogen-bond acceptors (Lipinski definition) is 2. The molecule has 11 heavy (non-hydrogen) atoms. The molecular formula is C9H17NO. The van der Waals surface area contributed by atoms with Crippen LogP contribution in [-0.4, -0.2) is 37.2 Å². The molecule has 2 rings (SSSR count). The summed E-state index contributed by atoms with van der Waals surface area (Å²) in [5.41, 5.74) is 0. The fourth-order valence-corrected chi connectivity index (χ4v) is 2.21. The largest absolute Gasteiger partial charge is 0.377 e. The molecule has 0 aromatic carbocycles. The van der Waals surface area contributed by atoms with E-state index in [0.29, 0.717) is 6.10 Å². The second-order valence-electron chi connectivity index (χ2n) is 3.64. The number of likely N-dealkylation sites (N-methyl/N-ethyl adjacent to an activating group) is 1. The molecule has 2 fully saturated rings. The molecule has 0 amide bonds. The van der Waals surface area contributed by atoms with Gasteiger partial charge in [0.15, 0.2) is 0 Å². The van der Waals surface area contributed by atoms with Gasteiger partial charge in [-0.2, -0.15) is 0 Å². The Morgan fingerprint density at radius 1 is 1.45 bits per heavy atom. The molecule has 2 saturated heterocycles. The summed E-state index contributed by atoms with van der Waals surface area (Å²) in [6, 6.07) is 0. The van der Waals surface area contributed by atoms with Crippen molar-refractivity contribution in [2.24, 2.45) is 5.92 Å². The number of likely N-dealkylation sites (tertiary alicyclic amines) is 1. The summed E-state index contributed by atoms with van der Waals surface area (Å²) in [6.45, 7) is 6.90. The predicted molar refractivity (Wildman–Crippen MR) is 44.6 cm³/mol. The zero-order chi connectivity index (χ0) is 7.68. The van der Waals surface area contributed by atoms with E-state index in [0.717, 1.165) is 12.5 Å². The minimum Gasteiger partial charge on any atom is -0.377 e. The van der Waals surface area contributed by atoms with E-state index >= 15 is 0 Å². The second kappa shape index (κ2) is 3.11. The third-order valence-corrected chi connectivity index (χ3v) is 3.05. The summed E-state index contributed by atoms with van der Waals surface area (Å²) in [5.74, 6) is 0.887. The van der Waals surface area contributed by atoms with E-state index in [4.69, 9.17) is 4.74 Å². The predicted octanol–water partition coefficient (Wildman–Crippen LogP) is 1.12. The smallest absolute Gasteiger partial charge is 0.0731 e. The molecule has 0 aromatic heterocycles. The molecule has 0 aliphatic carbocycles. The van der Waals surface area contributed by atoms with Gasteiger partial charge in [-0.25, -0.2) is 0 Å². The lowest BCUT2D eigenvalue weighted by atomic mass is 9.93. The average molecular weight is 155 g/mol. The summed E-state index contributed by atoms with van der Waals surface area (Å²) >= 11 is 0. The quantitative estimate of drug-likeness (QED) is 0.562. The first-order valence-corrected chi connectivity index (χ1v) is 4.74. The Balaban J connectivity index is 1.91. The zero-order valence-corrected chi connectivity index (χ0v) is 7.25. The summed E-state index contributed by atoms with van der Waals surface area (Å²) in [7, 11) is 0. The first-order valence-electron chi connectivity index (χ1n) is 4.74. The maximum absolute atomic E-state index is 5.65. The monoisotopic (exact) mass is 155 g/mol. The summed E-state index contributed by atoms with van der Waals surface area (Å²) in [6.07, 6.45) is 3.24. The van der Waals surface area contributed by atoms with Gasteiger partial charge in [0.1, 0.15) is 0 Å². The molecule has 0 N–H and O–H groups in total. The third kappa shape index (κ3) is 1.42. The Kier molecular flexibility index (Phi) is 2.14. The van der Waals surface area contributed by atoms with E-state index in [1.165, 1.54) is 32.5 Å². The lowest BCUT2D eigenvalue weighted by Crippen LogP contribution is -2.41. The summed E-state index contributed by atoms with van der Waals surface area (Å²) in [4.78, 5) is 2.49. The summed E-state index contributed by atoms with van der Waals surface area (Å²) in [5, 5.41) is 0. The van der Waals surface area contributed by atoms with E-state index in [9.17, 15) is 0 Å². The van der Waals surface area contributed by atoms with Crippen LogP contribution < -0.4 is 0 Å². The van der Waals surface area contributed by atoms with Crippen LogP contribution >= 0.6 is 0 Å². The van der Waals surface area contributed by atoms with Crippen LogP contribution in [-0.2, 0) is 4.74 Å². The fraction of sp³-hybridized carbons (Fsp3) is 1.00. The van der Waals surface area contributed by atoms with Gasteiger partial charge >= 0.3 is 0 Å². The highest BCUT2D eigenvalue weighted by Crippen LogP contribution is 2.28. The van der Waals surface area contributed by atoms with Crippen molar-refractivity contribution in [3.8, 4) is 0 Å². The Labute approximate surface area is 68.5 Å². The number of fused-ring (bicyclic) bond motifs is 1. The minimum absolute atomic E-state index is 0.573. The molecule has 2 aliphatic heterocycles. The summed E-state index contributed by atoms with van der Waals surface area (Å²) < 4.78 is 5.65. The van der Waals surface area contributed by atoms with Crippen LogP contribution in [0, 0.1) is 5.92 Å². The molecule has 2 atom stereocenters. The van der Waals surface area contributed by atoms with Crippen LogP contribution in [0.1, 0.15) is 19.8 Å². The third-order valence-electron chi connectivity index (χ3n) is 3.05. The van der Waals surface area contributed by atoms with Crippen LogP contribution in [0.4, 0.5) is 0 Å². The van der Waals surface area contributed by atoms with Gasteiger partial charge < -0.3 is 9.64 Å². The van der Waals surface area contributed by atoms with Gasteiger partial charge in [-0.15, -0.1) is 0 Å². The van der Waals surface area contributed by atoms with Gasteiger partial charge in [0.05, 0.1) is 6.10 Å². The average Bonchev–Trinajstić information content (AvgIpc) is 2.50. The molecule has 2 nitrogen and oxygen atoms in total. The van der Waals surface area contributed by atoms with Gasteiger partial charge in [0.2, 0.25) is 0 Å². The number of rotatable bonds is 1. The number of nitrogens with zero attached hydrogens (tertiary/aromatic N) is 1. The van der Waals surface area contributed by atoms with Gasteiger partial charge in [0.25, 0.3) is 0 Å². The number of piperidine rings is 1.